The molecule has 0 saturated carbocycles. The standard InChI is InChI=1S/C17H21NO/c1-11-5-6-16(9-12(11)2)18-10-15-7-13(3)17(19)14(4)8-15/h5-9,18-19H,10H2,1-4H3. The van der Waals surface area contributed by atoms with Crippen molar-refractivity contribution in [2.45, 2.75) is 34.2 Å². The molecule has 0 bridgehead atoms. The van der Waals surface area contributed by atoms with Gasteiger partial charge in [0.05, 0.1) is 0 Å². The van der Waals surface area contributed by atoms with Gasteiger partial charge in [-0.25, -0.2) is 0 Å². The summed E-state index contributed by atoms with van der Waals surface area (Å²) in [6, 6.07) is 10.4. The largest absolute Gasteiger partial charge is 0.507 e. The summed E-state index contributed by atoms with van der Waals surface area (Å²) in [5.41, 5.74) is 6.77. The van der Waals surface area contributed by atoms with E-state index < -0.39 is 0 Å². The van der Waals surface area contributed by atoms with Gasteiger partial charge >= 0.3 is 0 Å². The number of phenolic OH excluding ortho intramolecular Hbond substituents is 1. The van der Waals surface area contributed by atoms with E-state index in [0.717, 1.165) is 23.4 Å². The molecular weight excluding hydrogens is 234 g/mol. The number of aromatic hydroxyl groups is 1. The maximum Gasteiger partial charge on any atom is 0.121 e. The van der Waals surface area contributed by atoms with Gasteiger partial charge in [-0.3, -0.25) is 0 Å². The van der Waals surface area contributed by atoms with E-state index in [9.17, 15) is 5.11 Å². The fraction of sp³-hybridized carbons (Fsp3) is 0.294. The van der Waals surface area contributed by atoms with Crippen molar-refractivity contribution in [2.24, 2.45) is 0 Å². The summed E-state index contributed by atoms with van der Waals surface area (Å²) in [5.74, 6) is 0.398. The van der Waals surface area contributed by atoms with Crippen LogP contribution in [0.4, 0.5) is 5.69 Å². The first kappa shape index (κ1) is 13.5. The highest BCUT2D eigenvalue weighted by molar-refractivity contribution is 5.49. The predicted octanol–water partition coefficient (Wildman–Crippen LogP) is 4.24. The van der Waals surface area contributed by atoms with Gasteiger partial charge in [0.15, 0.2) is 0 Å². The molecule has 0 heterocycles. The van der Waals surface area contributed by atoms with Gasteiger partial charge < -0.3 is 10.4 Å². The monoisotopic (exact) mass is 255 g/mol. The van der Waals surface area contributed by atoms with Crippen LogP contribution in [-0.2, 0) is 6.54 Å². The number of anilines is 1. The molecule has 0 unspecified atom stereocenters. The summed E-state index contributed by atoms with van der Waals surface area (Å²) in [4.78, 5) is 0. The van der Waals surface area contributed by atoms with E-state index in [1.807, 2.05) is 26.0 Å². The highest BCUT2D eigenvalue weighted by atomic mass is 16.3. The van der Waals surface area contributed by atoms with Crippen LogP contribution in [0, 0.1) is 27.7 Å². The molecule has 2 aromatic carbocycles. The van der Waals surface area contributed by atoms with E-state index in [0.29, 0.717) is 5.75 Å². The molecule has 0 aliphatic carbocycles. The van der Waals surface area contributed by atoms with E-state index >= 15 is 0 Å². The van der Waals surface area contributed by atoms with Crippen LogP contribution in [0.15, 0.2) is 30.3 Å². The van der Waals surface area contributed by atoms with Crippen molar-refractivity contribution in [3.05, 3.63) is 58.1 Å². The molecule has 100 valence electrons. The highest BCUT2D eigenvalue weighted by Gasteiger charge is 2.03. The molecule has 2 heteroatoms. The quantitative estimate of drug-likeness (QED) is 0.860. The molecule has 0 saturated heterocycles. The minimum Gasteiger partial charge on any atom is -0.507 e. The molecule has 0 spiro atoms. The average molecular weight is 255 g/mol. The maximum atomic E-state index is 9.76. The van der Waals surface area contributed by atoms with Crippen LogP contribution in [0.5, 0.6) is 5.75 Å². The van der Waals surface area contributed by atoms with E-state index in [-0.39, 0.29) is 0 Å². The normalized spacial score (nSPS) is 10.5. The van der Waals surface area contributed by atoms with E-state index in [4.69, 9.17) is 0 Å². The number of hydrogen-bond donors (Lipinski definition) is 2. The lowest BCUT2D eigenvalue weighted by atomic mass is 10.1. The Hall–Kier alpha value is -1.96. The zero-order valence-electron chi connectivity index (χ0n) is 12.0. The van der Waals surface area contributed by atoms with Gasteiger partial charge in [0.25, 0.3) is 0 Å². The van der Waals surface area contributed by atoms with E-state index in [1.54, 1.807) is 0 Å². The number of nitrogens with one attached hydrogen (secondary N) is 1. The van der Waals surface area contributed by atoms with Gasteiger partial charge in [-0.2, -0.15) is 0 Å². The van der Waals surface area contributed by atoms with Crippen LogP contribution in [-0.4, -0.2) is 5.11 Å². The minimum atomic E-state index is 0.398. The van der Waals surface area contributed by atoms with E-state index in [1.165, 1.54) is 16.7 Å². The van der Waals surface area contributed by atoms with Gasteiger partial charge in [-0.05, 0) is 67.6 Å². The lowest BCUT2D eigenvalue weighted by Gasteiger charge is -2.11. The Bertz CT molecular complexity index is 579. The smallest absolute Gasteiger partial charge is 0.121 e. The van der Waals surface area contributed by atoms with Crippen LogP contribution in [0.25, 0.3) is 0 Å². The van der Waals surface area contributed by atoms with Gasteiger partial charge in [0, 0.05) is 12.2 Å². The molecule has 2 aromatic rings. The summed E-state index contributed by atoms with van der Waals surface area (Å²) in [6.45, 7) is 8.87. The molecule has 0 fully saturated rings. The van der Waals surface area contributed by atoms with Crippen LogP contribution < -0.4 is 5.32 Å². The molecule has 0 aromatic heterocycles. The predicted molar refractivity (Wildman–Crippen MR) is 80.8 cm³/mol. The molecule has 0 radical (unpaired) electrons. The van der Waals surface area contributed by atoms with Gasteiger partial charge in [0.1, 0.15) is 5.75 Å². The molecule has 2 nitrogen and oxygen atoms in total. The Balaban J connectivity index is 2.12. The van der Waals surface area contributed by atoms with Crippen molar-refractivity contribution in [2.75, 3.05) is 5.32 Å². The van der Waals surface area contributed by atoms with Gasteiger partial charge in [0.2, 0.25) is 0 Å². The zero-order chi connectivity index (χ0) is 14.0. The molecular formula is C17H21NO. The molecule has 2 N–H and O–H groups in total. The Morgan fingerprint density at radius 2 is 1.47 bits per heavy atom. The third kappa shape index (κ3) is 3.08. The topological polar surface area (TPSA) is 32.3 Å². The summed E-state index contributed by atoms with van der Waals surface area (Å²) in [6.07, 6.45) is 0. The second-order valence-corrected chi connectivity index (χ2v) is 5.23. The Morgan fingerprint density at radius 3 is 2.05 bits per heavy atom. The first-order chi connectivity index (χ1) is 8.97. The van der Waals surface area contributed by atoms with Crippen molar-refractivity contribution < 1.29 is 5.11 Å². The second-order valence-electron chi connectivity index (χ2n) is 5.23. The number of hydrogen-bond acceptors (Lipinski definition) is 2. The fourth-order valence-electron chi connectivity index (χ4n) is 2.20. The molecule has 0 amide bonds. The number of benzene rings is 2. The molecule has 19 heavy (non-hydrogen) atoms. The maximum absolute atomic E-state index is 9.76. The lowest BCUT2D eigenvalue weighted by Crippen LogP contribution is -2.01. The lowest BCUT2D eigenvalue weighted by molar-refractivity contribution is 0.466. The summed E-state index contributed by atoms with van der Waals surface area (Å²) >= 11 is 0. The van der Waals surface area contributed by atoms with E-state index in [2.05, 4.69) is 37.4 Å². The van der Waals surface area contributed by atoms with Gasteiger partial charge in [-0.15, -0.1) is 0 Å². The van der Waals surface area contributed by atoms with Crippen molar-refractivity contribution in [1.82, 2.24) is 0 Å². The van der Waals surface area contributed by atoms with Crippen LogP contribution >= 0.6 is 0 Å². The van der Waals surface area contributed by atoms with Crippen molar-refractivity contribution in [3.63, 3.8) is 0 Å². The van der Waals surface area contributed by atoms with Gasteiger partial charge in [-0.1, -0.05) is 18.2 Å². The summed E-state index contributed by atoms with van der Waals surface area (Å²) < 4.78 is 0. The third-order valence-electron chi connectivity index (χ3n) is 3.55. The number of aryl methyl sites for hydroxylation is 4. The van der Waals surface area contributed by atoms with Crippen molar-refractivity contribution in [1.29, 1.82) is 0 Å². The fourth-order valence-corrected chi connectivity index (χ4v) is 2.20. The van der Waals surface area contributed by atoms with Crippen LogP contribution in [0.1, 0.15) is 27.8 Å². The molecule has 0 aliphatic heterocycles. The number of rotatable bonds is 3. The van der Waals surface area contributed by atoms with Crippen LogP contribution in [0.3, 0.4) is 0 Å². The Morgan fingerprint density at radius 1 is 0.842 bits per heavy atom. The third-order valence-corrected chi connectivity index (χ3v) is 3.55. The van der Waals surface area contributed by atoms with Crippen molar-refractivity contribution >= 4 is 5.69 Å². The second kappa shape index (κ2) is 5.35. The first-order valence-electron chi connectivity index (χ1n) is 6.57. The number of phenols is 1. The van der Waals surface area contributed by atoms with Crippen LogP contribution in [0.2, 0.25) is 0 Å². The summed E-state index contributed by atoms with van der Waals surface area (Å²) in [7, 11) is 0. The first-order valence-corrected chi connectivity index (χ1v) is 6.57. The Labute approximate surface area is 115 Å². The minimum absolute atomic E-state index is 0.398. The zero-order valence-corrected chi connectivity index (χ0v) is 12.0. The SMILES string of the molecule is Cc1ccc(NCc2cc(C)c(O)c(C)c2)cc1C. The molecule has 2 rings (SSSR count). The molecule has 0 atom stereocenters. The molecule has 0 aliphatic rings. The summed E-state index contributed by atoms with van der Waals surface area (Å²) in [5, 5.41) is 13.2. The Kier molecular flexibility index (Phi) is 3.79. The average Bonchev–Trinajstić information content (AvgIpc) is 2.37. The van der Waals surface area contributed by atoms with Crippen molar-refractivity contribution in [3.8, 4) is 5.75 Å². The highest BCUT2D eigenvalue weighted by Crippen LogP contribution is 2.23.